The highest BCUT2D eigenvalue weighted by Crippen LogP contribution is 2.29. The van der Waals surface area contributed by atoms with Gasteiger partial charge in [0.25, 0.3) is 5.91 Å². The van der Waals surface area contributed by atoms with E-state index in [0.717, 1.165) is 24.3 Å². The summed E-state index contributed by atoms with van der Waals surface area (Å²) in [6, 6.07) is 4.43. The summed E-state index contributed by atoms with van der Waals surface area (Å²) in [5.74, 6) is -2.62. The van der Waals surface area contributed by atoms with Crippen LogP contribution in [0.4, 0.5) is 22.0 Å². The predicted octanol–water partition coefficient (Wildman–Crippen LogP) is 4.52. The number of alkyl halides is 3. The van der Waals surface area contributed by atoms with Crippen LogP contribution in [0.25, 0.3) is 0 Å². The normalized spacial score (nSPS) is 12.8. The molecular formula is C17H15F5N2O. The number of pyridine rings is 1. The second kappa shape index (κ2) is 6.78. The molecule has 2 rings (SSSR count). The zero-order chi connectivity index (χ0) is 18.9. The maximum absolute atomic E-state index is 13.4. The third-order valence-electron chi connectivity index (χ3n) is 3.93. The number of benzene rings is 1. The molecule has 0 spiro atoms. The number of rotatable bonds is 3. The van der Waals surface area contributed by atoms with Gasteiger partial charge in [-0.2, -0.15) is 13.2 Å². The van der Waals surface area contributed by atoms with Crippen molar-refractivity contribution in [2.45, 2.75) is 26.1 Å². The molecule has 0 N–H and O–H groups in total. The van der Waals surface area contributed by atoms with Crippen molar-refractivity contribution in [3.05, 3.63) is 64.5 Å². The monoisotopic (exact) mass is 358 g/mol. The quantitative estimate of drug-likeness (QED) is 0.756. The van der Waals surface area contributed by atoms with Gasteiger partial charge in [0.05, 0.1) is 17.3 Å². The number of amides is 1. The molecule has 8 heteroatoms. The van der Waals surface area contributed by atoms with Gasteiger partial charge in [-0.25, -0.2) is 13.8 Å². The molecule has 0 aliphatic carbocycles. The highest BCUT2D eigenvalue weighted by atomic mass is 19.4. The molecule has 1 heterocycles. The fourth-order valence-corrected chi connectivity index (χ4v) is 2.31. The van der Waals surface area contributed by atoms with Crippen molar-refractivity contribution >= 4 is 5.91 Å². The summed E-state index contributed by atoms with van der Waals surface area (Å²) in [5.41, 5.74) is -0.792. The van der Waals surface area contributed by atoms with Crippen molar-refractivity contribution in [3.8, 4) is 0 Å². The minimum atomic E-state index is -4.60. The van der Waals surface area contributed by atoms with E-state index in [4.69, 9.17) is 0 Å². The molecule has 0 aliphatic rings. The summed E-state index contributed by atoms with van der Waals surface area (Å²) >= 11 is 0. The molecule has 0 bridgehead atoms. The van der Waals surface area contributed by atoms with Crippen molar-refractivity contribution in [1.82, 2.24) is 9.88 Å². The highest BCUT2D eigenvalue weighted by Gasteiger charge is 2.33. The largest absolute Gasteiger partial charge is 0.433 e. The molecule has 1 unspecified atom stereocenters. The zero-order valence-electron chi connectivity index (χ0n) is 13.7. The minimum absolute atomic E-state index is 0.00457. The number of hydrogen-bond acceptors (Lipinski definition) is 2. The predicted molar refractivity (Wildman–Crippen MR) is 80.8 cm³/mol. The number of aromatic nitrogens is 1. The van der Waals surface area contributed by atoms with Crippen LogP contribution in [0.5, 0.6) is 0 Å². The van der Waals surface area contributed by atoms with E-state index in [-0.39, 0.29) is 11.3 Å². The Morgan fingerprint density at radius 2 is 1.76 bits per heavy atom. The average Bonchev–Trinajstić information content (AvgIpc) is 2.54. The number of carbonyl (C=O) groups excluding carboxylic acids is 1. The van der Waals surface area contributed by atoms with Crippen LogP contribution in [0.15, 0.2) is 30.3 Å². The van der Waals surface area contributed by atoms with Gasteiger partial charge in [0, 0.05) is 7.05 Å². The molecular weight excluding hydrogens is 343 g/mol. The Morgan fingerprint density at radius 3 is 2.28 bits per heavy atom. The molecule has 0 fully saturated rings. The van der Waals surface area contributed by atoms with Crippen molar-refractivity contribution in [1.29, 1.82) is 0 Å². The van der Waals surface area contributed by atoms with Gasteiger partial charge in [0.2, 0.25) is 0 Å². The fraction of sp³-hybridized carbons (Fsp3) is 0.294. The zero-order valence-corrected chi connectivity index (χ0v) is 13.7. The Balaban J connectivity index is 2.28. The third kappa shape index (κ3) is 3.94. The molecule has 0 aliphatic heterocycles. The molecule has 1 aromatic carbocycles. The third-order valence-corrected chi connectivity index (χ3v) is 3.93. The van der Waals surface area contributed by atoms with Crippen LogP contribution < -0.4 is 0 Å². The molecule has 0 saturated heterocycles. The summed E-state index contributed by atoms with van der Waals surface area (Å²) in [6.45, 7) is 2.90. The van der Waals surface area contributed by atoms with Crippen LogP contribution in [0.2, 0.25) is 0 Å². The van der Waals surface area contributed by atoms with E-state index >= 15 is 0 Å². The smallest absolute Gasteiger partial charge is 0.335 e. The molecule has 0 saturated carbocycles. The van der Waals surface area contributed by atoms with Crippen LogP contribution in [0, 0.1) is 18.6 Å². The maximum Gasteiger partial charge on any atom is 0.433 e. The molecule has 1 amide bonds. The highest BCUT2D eigenvalue weighted by molar-refractivity contribution is 5.95. The summed E-state index contributed by atoms with van der Waals surface area (Å²) < 4.78 is 64.3. The van der Waals surface area contributed by atoms with Gasteiger partial charge in [0.1, 0.15) is 5.69 Å². The lowest BCUT2D eigenvalue weighted by molar-refractivity contribution is -0.141. The second-order valence-electron chi connectivity index (χ2n) is 5.59. The Kier molecular flexibility index (Phi) is 5.10. The van der Waals surface area contributed by atoms with Crippen molar-refractivity contribution in [2.24, 2.45) is 0 Å². The Bertz CT molecular complexity index is 804. The second-order valence-corrected chi connectivity index (χ2v) is 5.59. The molecule has 134 valence electrons. The maximum atomic E-state index is 13.4. The first-order chi connectivity index (χ1) is 11.5. The van der Waals surface area contributed by atoms with Crippen molar-refractivity contribution in [3.63, 3.8) is 0 Å². The lowest BCUT2D eigenvalue weighted by atomic mass is 10.1. The number of carbonyl (C=O) groups is 1. The van der Waals surface area contributed by atoms with Crippen molar-refractivity contribution < 1.29 is 26.7 Å². The van der Waals surface area contributed by atoms with E-state index in [2.05, 4.69) is 4.98 Å². The first-order valence-corrected chi connectivity index (χ1v) is 7.29. The van der Waals surface area contributed by atoms with Crippen LogP contribution in [0.3, 0.4) is 0 Å². The van der Waals surface area contributed by atoms with Gasteiger partial charge in [-0.3, -0.25) is 4.79 Å². The molecule has 1 atom stereocenters. The lowest BCUT2D eigenvalue weighted by Gasteiger charge is -2.26. The topological polar surface area (TPSA) is 33.2 Å². The fourth-order valence-electron chi connectivity index (χ4n) is 2.31. The van der Waals surface area contributed by atoms with E-state index in [1.54, 1.807) is 6.92 Å². The van der Waals surface area contributed by atoms with Crippen molar-refractivity contribution in [2.75, 3.05) is 7.05 Å². The number of aryl methyl sites for hydroxylation is 1. The molecule has 3 nitrogen and oxygen atoms in total. The van der Waals surface area contributed by atoms with Crippen LogP contribution >= 0.6 is 0 Å². The van der Waals surface area contributed by atoms with E-state index in [1.807, 2.05) is 0 Å². The summed E-state index contributed by atoms with van der Waals surface area (Å²) in [4.78, 5) is 17.2. The lowest BCUT2D eigenvalue weighted by Crippen LogP contribution is -2.30. The molecule has 2 aromatic rings. The van der Waals surface area contributed by atoms with Gasteiger partial charge in [-0.05, 0) is 43.7 Å². The Hall–Kier alpha value is -2.51. The van der Waals surface area contributed by atoms with E-state index in [1.165, 1.54) is 24.9 Å². The van der Waals surface area contributed by atoms with E-state index < -0.39 is 35.5 Å². The SMILES string of the molecule is Cc1nc(C(F)(F)F)ccc1C(=O)N(C)C(C)c1ccc(F)c(F)c1. The first kappa shape index (κ1) is 18.8. The average molecular weight is 358 g/mol. The minimum Gasteiger partial charge on any atom is -0.335 e. The Morgan fingerprint density at radius 1 is 1.12 bits per heavy atom. The summed E-state index contributed by atoms with van der Waals surface area (Å²) in [7, 11) is 1.42. The standard InChI is InChI=1S/C17H15F5N2O/c1-9-12(5-7-15(23-9)17(20,21)22)16(25)24(3)10(2)11-4-6-13(18)14(19)8-11/h4-8,10H,1-3H3. The molecule has 1 aromatic heterocycles. The summed E-state index contributed by atoms with van der Waals surface area (Å²) in [6.07, 6.45) is -4.60. The molecule has 25 heavy (non-hydrogen) atoms. The van der Waals surface area contributed by atoms with Crippen LogP contribution in [0.1, 0.15) is 40.3 Å². The Labute approximate surface area is 141 Å². The number of nitrogens with zero attached hydrogens (tertiary/aromatic N) is 2. The van der Waals surface area contributed by atoms with E-state index in [9.17, 15) is 26.7 Å². The van der Waals surface area contributed by atoms with Gasteiger partial charge in [-0.1, -0.05) is 6.07 Å². The number of halogens is 5. The number of hydrogen-bond donors (Lipinski definition) is 0. The van der Waals surface area contributed by atoms with Gasteiger partial charge in [0.15, 0.2) is 11.6 Å². The van der Waals surface area contributed by atoms with E-state index in [0.29, 0.717) is 5.56 Å². The van der Waals surface area contributed by atoms with Gasteiger partial charge in [-0.15, -0.1) is 0 Å². The molecule has 0 radical (unpaired) electrons. The van der Waals surface area contributed by atoms with Crippen LogP contribution in [-0.2, 0) is 6.18 Å². The van der Waals surface area contributed by atoms with Gasteiger partial charge >= 0.3 is 6.18 Å². The first-order valence-electron chi connectivity index (χ1n) is 7.29. The van der Waals surface area contributed by atoms with Crippen LogP contribution in [-0.4, -0.2) is 22.8 Å². The summed E-state index contributed by atoms with van der Waals surface area (Å²) in [5, 5.41) is 0. The van der Waals surface area contributed by atoms with Gasteiger partial charge < -0.3 is 4.90 Å².